The minimum absolute atomic E-state index is 0.117. The Hall–Kier alpha value is -3.27. The molecule has 1 aromatic carbocycles. The van der Waals surface area contributed by atoms with E-state index in [4.69, 9.17) is 4.74 Å². The largest absolute Gasteiger partial charge is 0.465 e. The number of nitro groups is 1. The van der Waals surface area contributed by atoms with Crippen LogP contribution >= 0.6 is 11.3 Å². The fraction of sp³-hybridized carbons (Fsp3) is 0.278. The Morgan fingerprint density at radius 3 is 2.36 bits per heavy atom. The van der Waals surface area contributed by atoms with Crippen LogP contribution in [0.3, 0.4) is 0 Å². The van der Waals surface area contributed by atoms with Gasteiger partial charge in [-0.25, -0.2) is 9.59 Å². The van der Waals surface area contributed by atoms with Gasteiger partial charge in [-0.15, -0.1) is 11.3 Å². The normalized spacial score (nSPS) is 10.3. The molecule has 0 radical (unpaired) electrons. The van der Waals surface area contributed by atoms with Crippen molar-refractivity contribution in [2.45, 2.75) is 20.8 Å². The van der Waals surface area contributed by atoms with Crippen LogP contribution in [0.15, 0.2) is 18.2 Å². The van der Waals surface area contributed by atoms with Crippen molar-refractivity contribution in [1.29, 1.82) is 0 Å². The molecular weight excluding hydrogens is 388 g/mol. The van der Waals surface area contributed by atoms with Crippen LogP contribution in [0.2, 0.25) is 0 Å². The number of carbonyl (C=O) groups excluding carboxylic acids is 3. The summed E-state index contributed by atoms with van der Waals surface area (Å²) in [6, 6.07) is 3.25. The molecule has 1 aromatic heterocycles. The monoisotopic (exact) mass is 406 g/mol. The Morgan fingerprint density at radius 1 is 1.14 bits per heavy atom. The molecule has 0 saturated heterocycles. The van der Waals surface area contributed by atoms with Gasteiger partial charge >= 0.3 is 11.9 Å². The van der Waals surface area contributed by atoms with E-state index < -0.39 is 28.5 Å². The molecular formula is C18H18N2O7S. The van der Waals surface area contributed by atoms with E-state index in [0.29, 0.717) is 5.56 Å². The predicted molar refractivity (Wildman–Crippen MR) is 102 cm³/mol. The molecule has 0 spiro atoms. The van der Waals surface area contributed by atoms with Gasteiger partial charge in [-0.1, -0.05) is 0 Å². The van der Waals surface area contributed by atoms with Gasteiger partial charge in [0.1, 0.15) is 5.00 Å². The van der Waals surface area contributed by atoms with E-state index >= 15 is 0 Å². The Kier molecular flexibility index (Phi) is 6.47. The molecule has 2 rings (SSSR count). The van der Waals surface area contributed by atoms with Crippen molar-refractivity contribution < 1.29 is 28.8 Å². The second-order valence-corrected chi connectivity index (χ2v) is 6.90. The summed E-state index contributed by atoms with van der Waals surface area (Å²) in [5.74, 6) is -2.10. The molecule has 2 aromatic rings. The predicted octanol–water partition coefficient (Wildman–Crippen LogP) is 3.49. The number of hydrogen-bond donors (Lipinski definition) is 1. The molecule has 148 valence electrons. The highest BCUT2D eigenvalue weighted by atomic mass is 32.1. The fourth-order valence-electron chi connectivity index (χ4n) is 2.42. The van der Waals surface area contributed by atoms with E-state index in [2.05, 4.69) is 10.1 Å². The van der Waals surface area contributed by atoms with E-state index in [9.17, 15) is 24.5 Å². The van der Waals surface area contributed by atoms with Gasteiger partial charge in [0.05, 0.1) is 29.8 Å². The molecule has 0 aliphatic carbocycles. The lowest BCUT2D eigenvalue weighted by Gasteiger charge is -2.08. The highest BCUT2D eigenvalue weighted by molar-refractivity contribution is 7.16. The highest BCUT2D eigenvalue weighted by Crippen LogP contribution is 2.33. The van der Waals surface area contributed by atoms with Gasteiger partial charge in [-0.3, -0.25) is 14.9 Å². The lowest BCUT2D eigenvalue weighted by molar-refractivity contribution is -0.384. The summed E-state index contributed by atoms with van der Waals surface area (Å²) in [5, 5.41) is 14.0. The first-order valence-corrected chi connectivity index (χ1v) is 8.97. The van der Waals surface area contributed by atoms with Crippen molar-refractivity contribution in [3.63, 3.8) is 0 Å². The van der Waals surface area contributed by atoms with Gasteiger partial charge in [0.2, 0.25) is 0 Å². The number of rotatable bonds is 6. The molecule has 0 fully saturated rings. The molecule has 0 aliphatic rings. The van der Waals surface area contributed by atoms with Gasteiger partial charge in [-0.2, -0.15) is 0 Å². The molecule has 0 atom stereocenters. The Labute approximate surface area is 164 Å². The highest BCUT2D eigenvalue weighted by Gasteiger charge is 2.24. The molecule has 28 heavy (non-hydrogen) atoms. The molecule has 0 bridgehead atoms. The number of amides is 1. The number of hydrogen-bond acceptors (Lipinski definition) is 8. The lowest BCUT2D eigenvalue weighted by atomic mass is 10.1. The second-order valence-electron chi connectivity index (χ2n) is 5.68. The van der Waals surface area contributed by atoms with Gasteiger partial charge in [0.15, 0.2) is 0 Å². The molecule has 10 heteroatoms. The molecule has 0 saturated carbocycles. The first-order chi connectivity index (χ1) is 13.2. The van der Waals surface area contributed by atoms with Gasteiger partial charge in [0.25, 0.3) is 11.6 Å². The van der Waals surface area contributed by atoms with Crippen LogP contribution in [-0.2, 0) is 9.47 Å². The number of ether oxygens (including phenoxy) is 2. The van der Waals surface area contributed by atoms with Crippen LogP contribution in [0.25, 0.3) is 0 Å². The number of thiophene rings is 1. The number of benzene rings is 1. The average molecular weight is 406 g/mol. The van der Waals surface area contributed by atoms with Crippen LogP contribution in [-0.4, -0.2) is 36.5 Å². The maximum atomic E-state index is 12.7. The Bertz CT molecular complexity index is 965. The quantitative estimate of drug-likeness (QED) is 0.442. The smallest absolute Gasteiger partial charge is 0.341 e. The van der Waals surface area contributed by atoms with Crippen LogP contribution in [0.5, 0.6) is 0 Å². The summed E-state index contributed by atoms with van der Waals surface area (Å²) in [4.78, 5) is 47.9. The third kappa shape index (κ3) is 4.34. The minimum atomic E-state index is -0.812. The summed E-state index contributed by atoms with van der Waals surface area (Å²) in [6.07, 6.45) is 0. The maximum absolute atomic E-state index is 12.7. The molecule has 0 unspecified atom stereocenters. The van der Waals surface area contributed by atoms with E-state index in [1.807, 2.05) is 0 Å². The number of aryl methyl sites for hydroxylation is 1. The van der Waals surface area contributed by atoms with Crippen molar-refractivity contribution in [2.24, 2.45) is 0 Å². The number of anilines is 1. The first kappa shape index (κ1) is 21.0. The number of nitro benzene ring substituents is 1. The minimum Gasteiger partial charge on any atom is -0.465 e. The molecule has 9 nitrogen and oxygen atoms in total. The van der Waals surface area contributed by atoms with Crippen molar-refractivity contribution in [2.75, 3.05) is 19.0 Å². The summed E-state index contributed by atoms with van der Waals surface area (Å²) >= 11 is 1.19. The van der Waals surface area contributed by atoms with Crippen LogP contribution in [0, 0.1) is 24.0 Å². The number of nitrogens with zero attached hydrogens (tertiary/aromatic N) is 1. The number of esters is 2. The average Bonchev–Trinajstić information content (AvgIpc) is 2.94. The fourth-order valence-corrected chi connectivity index (χ4v) is 3.47. The van der Waals surface area contributed by atoms with E-state index in [1.165, 1.54) is 17.4 Å². The Morgan fingerprint density at radius 2 is 1.79 bits per heavy atom. The van der Waals surface area contributed by atoms with Crippen molar-refractivity contribution in [1.82, 2.24) is 0 Å². The standard InChI is InChI=1S/C18H18N2O7S/c1-5-27-18(23)14-9(2)10(3)28-16(14)19-15(21)11-6-12(17(22)26-4)8-13(7-11)20(24)25/h6-8H,5H2,1-4H3,(H,19,21). The SMILES string of the molecule is CCOC(=O)c1c(NC(=O)c2cc(C(=O)OC)cc([N+](=O)[O-])c2)sc(C)c1C. The van der Waals surface area contributed by atoms with Gasteiger partial charge in [0, 0.05) is 22.6 Å². The van der Waals surface area contributed by atoms with Gasteiger partial charge in [-0.05, 0) is 32.4 Å². The van der Waals surface area contributed by atoms with Crippen molar-refractivity contribution >= 4 is 39.9 Å². The zero-order chi connectivity index (χ0) is 21.0. The summed E-state index contributed by atoms with van der Waals surface area (Å²) in [5.41, 5.74) is 0.223. The van der Waals surface area contributed by atoms with Crippen molar-refractivity contribution in [3.8, 4) is 0 Å². The zero-order valence-corrected chi connectivity index (χ0v) is 16.5. The van der Waals surface area contributed by atoms with Crippen molar-refractivity contribution in [3.05, 3.63) is 55.4 Å². The summed E-state index contributed by atoms with van der Waals surface area (Å²) in [6.45, 7) is 5.37. The van der Waals surface area contributed by atoms with Crippen LogP contribution < -0.4 is 5.32 Å². The Balaban J connectivity index is 2.44. The number of carbonyl (C=O) groups is 3. The zero-order valence-electron chi connectivity index (χ0n) is 15.7. The lowest BCUT2D eigenvalue weighted by Crippen LogP contribution is -2.16. The molecule has 1 N–H and O–H groups in total. The van der Waals surface area contributed by atoms with Crippen LogP contribution in [0.4, 0.5) is 10.7 Å². The first-order valence-electron chi connectivity index (χ1n) is 8.15. The number of nitrogens with one attached hydrogen (secondary N) is 1. The second kappa shape index (κ2) is 8.61. The summed E-state index contributed by atoms with van der Waals surface area (Å²) in [7, 11) is 1.13. The van der Waals surface area contributed by atoms with E-state index in [-0.39, 0.29) is 28.3 Å². The molecule has 1 amide bonds. The molecule has 1 heterocycles. The van der Waals surface area contributed by atoms with Crippen LogP contribution in [0.1, 0.15) is 48.4 Å². The van der Waals surface area contributed by atoms with E-state index in [0.717, 1.165) is 24.1 Å². The third-order valence-corrected chi connectivity index (χ3v) is 5.03. The number of non-ortho nitro benzene ring substituents is 1. The third-order valence-electron chi connectivity index (χ3n) is 3.90. The molecule has 0 aliphatic heterocycles. The topological polar surface area (TPSA) is 125 Å². The maximum Gasteiger partial charge on any atom is 0.341 e. The van der Waals surface area contributed by atoms with E-state index in [1.54, 1.807) is 20.8 Å². The summed E-state index contributed by atoms with van der Waals surface area (Å²) < 4.78 is 9.60. The van der Waals surface area contributed by atoms with Gasteiger partial charge < -0.3 is 14.8 Å². The number of methoxy groups -OCH3 is 1.